The highest BCUT2D eigenvalue weighted by atomic mass is 19.4. The van der Waals surface area contributed by atoms with Crippen LogP contribution in [0, 0.1) is 5.82 Å². The van der Waals surface area contributed by atoms with Crippen molar-refractivity contribution in [3.8, 4) is 5.75 Å². The number of hydrogen-bond donors (Lipinski definition) is 0. The molecule has 1 aliphatic rings. The molecule has 29 heavy (non-hydrogen) atoms. The van der Waals surface area contributed by atoms with Crippen LogP contribution in [0.25, 0.3) is 0 Å². The molecule has 1 fully saturated rings. The van der Waals surface area contributed by atoms with Gasteiger partial charge in [0.2, 0.25) is 11.8 Å². The number of benzene rings is 1. The van der Waals surface area contributed by atoms with E-state index >= 15 is 0 Å². The van der Waals surface area contributed by atoms with E-state index in [0.29, 0.717) is 31.2 Å². The zero-order valence-electron chi connectivity index (χ0n) is 14.9. The molecule has 1 saturated heterocycles. The minimum absolute atomic E-state index is 0.0155. The maximum atomic E-state index is 12.9. The Hall–Kier alpha value is -3.24. The molecular formula is C18H15F4N5O2. The summed E-state index contributed by atoms with van der Waals surface area (Å²) in [7, 11) is 0. The van der Waals surface area contributed by atoms with E-state index in [1.54, 1.807) is 4.90 Å². The van der Waals surface area contributed by atoms with Gasteiger partial charge in [-0.3, -0.25) is 0 Å². The Morgan fingerprint density at radius 1 is 1.14 bits per heavy atom. The number of rotatable bonds is 5. The van der Waals surface area contributed by atoms with Crippen molar-refractivity contribution < 1.29 is 26.7 Å². The second-order valence-corrected chi connectivity index (χ2v) is 6.45. The van der Waals surface area contributed by atoms with Crippen molar-refractivity contribution in [1.82, 2.24) is 20.2 Å². The van der Waals surface area contributed by atoms with Crippen LogP contribution in [0.3, 0.4) is 0 Å². The summed E-state index contributed by atoms with van der Waals surface area (Å²) in [5, 5.41) is 7.93. The monoisotopic (exact) mass is 409 g/mol. The zero-order chi connectivity index (χ0) is 20.4. The van der Waals surface area contributed by atoms with Gasteiger partial charge in [0.1, 0.15) is 17.3 Å². The van der Waals surface area contributed by atoms with E-state index in [2.05, 4.69) is 20.2 Å². The van der Waals surface area contributed by atoms with Gasteiger partial charge in [0.25, 0.3) is 5.89 Å². The average molecular weight is 409 g/mol. The van der Waals surface area contributed by atoms with Crippen LogP contribution in [0.15, 0.2) is 40.9 Å². The summed E-state index contributed by atoms with van der Waals surface area (Å²) in [5.41, 5.74) is -0.982. The van der Waals surface area contributed by atoms with Crippen LogP contribution in [0.4, 0.5) is 23.5 Å². The minimum atomic E-state index is -4.53. The summed E-state index contributed by atoms with van der Waals surface area (Å²) in [5.74, 6) is 0.574. The van der Waals surface area contributed by atoms with Crippen LogP contribution in [0.2, 0.25) is 0 Å². The first-order valence-corrected chi connectivity index (χ1v) is 8.74. The average Bonchev–Trinajstić information content (AvgIpc) is 3.37. The molecule has 0 N–H and O–H groups in total. The van der Waals surface area contributed by atoms with Gasteiger partial charge in [-0.15, -0.1) is 10.2 Å². The van der Waals surface area contributed by atoms with E-state index in [1.807, 2.05) is 0 Å². The number of ether oxygens (including phenoxy) is 1. The van der Waals surface area contributed by atoms with Crippen LogP contribution < -0.4 is 9.64 Å². The standard InChI is InChI=1S/C18H15F4N5O2/c19-12-1-3-13(4-2-12)28-10-15-25-26-16(29-15)11-6-8-27(9-11)17-23-7-5-14(24-17)18(20,21)22/h1-5,7,11H,6,8-10H2/t11-/m0/s1. The lowest BCUT2D eigenvalue weighted by Crippen LogP contribution is -2.23. The predicted octanol–water partition coefficient (Wildman–Crippen LogP) is 3.59. The lowest BCUT2D eigenvalue weighted by Gasteiger charge is -2.16. The van der Waals surface area contributed by atoms with Crippen molar-refractivity contribution >= 4 is 5.95 Å². The Morgan fingerprint density at radius 2 is 1.93 bits per heavy atom. The number of hydrogen-bond acceptors (Lipinski definition) is 7. The van der Waals surface area contributed by atoms with Gasteiger partial charge in [0.05, 0.1) is 5.92 Å². The fourth-order valence-corrected chi connectivity index (χ4v) is 2.97. The smallest absolute Gasteiger partial charge is 0.433 e. The summed E-state index contributed by atoms with van der Waals surface area (Å²) in [4.78, 5) is 9.20. The molecule has 1 aromatic carbocycles. The van der Waals surface area contributed by atoms with Crippen molar-refractivity contribution in [3.63, 3.8) is 0 Å². The number of nitrogens with zero attached hydrogens (tertiary/aromatic N) is 5. The molecular weight excluding hydrogens is 394 g/mol. The molecule has 11 heteroatoms. The summed E-state index contributed by atoms with van der Waals surface area (Å²) >= 11 is 0. The first-order chi connectivity index (χ1) is 13.9. The molecule has 0 aliphatic carbocycles. The molecule has 0 unspecified atom stereocenters. The molecule has 152 valence electrons. The van der Waals surface area contributed by atoms with Gasteiger partial charge in [-0.25, -0.2) is 14.4 Å². The minimum Gasteiger partial charge on any atom is -0.484 e. The Morgan fingerprint density at radius 3 is 2.69 bits per heavy atom. The highest BCUT2D eigenvalue weighted by Gasteiger charge is 2.35. The van der Waals surface area contributed by atoms with Gasteiger partial charge < -0.3 is 14.1 Å². The van der Waals surface area contributed by atoms with Gasteiger partial charge in [0.15, 0.2) is 6.61 Å². The normalized spacial score (nSPS) is 17.0. The first-order valence-electron chi connectivity index (χ1n) is 8.74. The molecule has 4 rings (SSSR count). The highest BCUT2D eigenvalue weighted by molar-refractivity contribution is 5.34. The molecule has 0 amide bonds. The Kier molecular flexibility index (Phi) is 5.03. The number of aromatic nitrogens is 4. The SMILES string of the molecule is Fc1ccc(OCc2nnc([C@H]3CCN(c4nccc(C(F)(F)F)n4)C3)o2)cc1. The topological polar surface area (TPSA) is 77.2 Å². The summed E-state index contributed by atoms with van der Waals surface area (Å²) in [6.07, 6.45) is -2.82. The third-order valence-corrected chi connectivity index (χ3v) is 4.41. The lowest BCUT2D eigenvalue weighted by atomic mass is 10.1. The summed E-state index contributed by atoms with van der Waals surface area (Å²) < 4.78 is 62.5. The van der Waals surface area contributed by atoms with Crippen LogP contribution in [-0.2, 0) is 12.8 Å². The maximum Gasteiger partial charge on any atom is 0.433 e. The van der Waals surface area contributed by atoms with Crippen LogP contribution in [-0.4, -0.2) is 33.3 Å². The molecule has 1 atom stereocenters. The van der Waals surface area contributed by atoms with Gasteiger partial charge in [-0.05, 0) is 36.8 Å². The van der Waals surface area contributed by atoms with Crippen molar-refractivity contribution in [2.24, 2.45) is 0 Å². The van der Waals surface area contributed by atoms with E-state index < -0.39 is 11.9 Å². The van der Waals surface area contributed by atoms with Crippen molar-refractivity contribution in [2.45, 2.75) is 25.1 Å². The largest absolute Gasteiger partial charge is 0.484 e. The van der Waals surface area contributed by atoms with Crippen LogP contribution in [0.1, 0.15) is 29.8 Å². The van der Waals surface area contributed by atoms with E-state index in [4.69, 9.17) is 9.15 Å². The second-order valence-electron chi connectivity index (χ2n) is 6.45. The van der Waals surface area contributed by atoms with Gasteiger partial charge in [-0.1, -0.05) is 0 Å². The Balaban J connectivity index is 1.38. The number of halogens is 4. The highest BCUT2D eigenvalue weighted by Crippen LogP contribution is 2.31. The predicted molar refractivity (Wildman–Crippen MR) is 91.6 cm³/mol. The maximum absolute atomic E-state index is 12.9. The van der Waals surface area contributed by atoms with Crippen molar-refractivity contribution in [1.29, 1.82) is 0 Å². The van der Waals surface area contributed by atoms with Crippen molar-refractivity contribution in [2.75, 3.05) is 18.0 Å². The molecule has 0 saturated carbocycles. The van der Waals surface area contributed by atoms with Crippen LogP contribution in [0.5, 0.6) is 5.75 Å². The third-order valence-electron chi connectivity index (χ3n) is 4.41. The second kappa shape index (κ2) is 7.64. The fourth-order valence-electron chi connectivity index (χ4n) is 2.97. The van der Waals surface area contributed by atoms with E-state index in [-0.39, 0.29) is 30.2 Å². The third kappa shape index (κ3) is 4.44. The number of anilines is 1. The summed E-state index contributed by atoms with van der Waals surface area (Å²) in [6.45, 7) is 0.851. The van der Waals surface area contributed by atoms with E-state index in [9.17, 15) is 17.6 Å². The molecule has 7 nitrogen and oxygen atoms in total. The first kappa shape index (κ1) is 19.1. The number of alkyl halides is 3. The quantitative estimate of drug-likeness (QED) is 0.596. The Bertz CT molecular complexity index is 977. The molecule has 3 heterocycles. The molecule has 0 radical (unpaired) electrons. The molecule has 2 aromatic heterocycles. The fraction of sp³-hybridized carbons (Fsp3) is 0.333. The summed E-state index contributed by atoms with van der Waals surface area (Å²) in [6, 6.07) is 6.35. The van der Waals surface area contributed by atoms with E-state index in [0.717, 1.165) is 12.3 Å². The molecule has 3 aromatic rings. The molecule has 0 bridgehead atoms. The van der Waals surface area contributed by atoms with Crippen LogP contribution >= 0.6 is 0 Å². The molecule has 0 spiro atoms. The zero-order valence-corrected chi connectivity index (χ0v) is 14.9. The van der Waals surface area contributed by atoms with Gasteiger partial charge in [-0.2, -0.15) is 13.2 Å². The van der Waals surface area contributed by atoms with Gasteiger partial charge >= 0.3 is 6.18 Å². The van der Waals surface area contributed by atoms with Crippen molar-refractivity contribution in [3.05, 3.63) is 59.8 Å². The Labute approximate surface area is 162 Å². The molecule has 1 aliphatic heterocycles. The lowest BCUT2D eigenvalue weighted by molar-refractivity contribution is -0.141. The van der Waals surface area contributed by atoms with Gasteiger partial charge in [0, 0.05) is 19.3 Å². The van der Waals surface area contributed by atoms with E-state index in [1.165, 1.54) is 24.3 Å².